The molecule has 3 aromatic heterocycles. The molecule has 210 valence electrons. The Bertz CT molecular complexity index is 1400. The smallest absolute Gasteiger partial charge is 0.175 e. The largest absolute Gasteiger partial charge is 0.486 e. The molecule has 4 aliphatic rings. The molecule has 12 heteroatoms. The third-order valence-electron chi connectivity index (χ3n) is 8.97. The maximum absolute atomic E-state index is 9.01. The van der Waals surface area contributed by atoms with Gasteiger partial charge in [0.05, 0.1) is 23.7 Å². The lowest BCUT2D eigenvalue weighted by Gasteiger charge is -2.42. The molecular formula is C28H34N8O3S. The van der Waals surface area contributed by atoms with Crippen molar-refractivity contribution < 1.29 is 14.6 Å². The Morgan fingerprint density at radius 1 is 1.18 bits per heavy atom. The van der Waals surface area contributed by atoms with Crippen LogP contribution in [-0.2, 0) is 11.2 Å². The molecule has 5 N–H and O–H groups in total. The van der Waals surface area contributed by atoms with Gasteiger partial charge in [0.2, 0.25) is 0 Å². The van der Waals surface area contributed by atoms with Crippen molar-refractivity contribution in [3.05, 3.63) is 48.0 Å². The minimum absolute atomic E-state index is 0.0254. The van der Waals surface area contributed by atoms with Crippen LogP contribution in [-0.4, -0.2) is 70.7 Å². The number of nitrogen functional groups attached to an aromatic ring is 1. The summed E-state index contributed by atoms with van der Waals surface area (Å²) in [6.45, 7) is 3.40. The van der Waals surface area contributed by atoms with Gasteiger partial charge in [0.25, 0.3) is 0 Å². The summed E-state index contributed by atoms with van der Waals surface area (Å²) in [5.41, 5.74) is 15.6. The van der Waals surface area contributed by atoms with Crippen LogP contribution < -0.4 is 26.0 Å². The molecule has 0 aromatic carbocycles. The quantitative estimate of drug-likeness (QED) is 0.379. The zero-order valence-corrected chi connectivity index (χ0v) is 23.1. The van der Waals surface area contributed by atoms with Crippen LogP contribution >= 0.6 is 11.8 Å². The second kappa shape index (κ2) is 10.3. The normalized spacial score (nSPS) is 24.5. The van der Waals surface area contributed by atoms with E-state index in [1.165, 1.54) is 17.3 Å². The lowest BCUT2D eigenvalue weighted by molar-refractivity contribution is -0.0151. The molecule has 0 bridgehead atoms. The third kappa shape index (κ3) is 4.43. The first-order valence-corrected chi connectivity index (χ1v) is 14.7. The molecule has 2 fully saturated rings. The van der Waals surface area contributed by atoms with E-state index < -0.39 is 0 Å². The van der Waals surface area contributed by atoms with E-state index in [9.17, 15) is 0 Å². The van der Waals surface area contributed by atoms with Gasteiger partial charge in [-0.3, -0.25) is 4.98 Å². The fraction of sp³-hybridized carbons (Fsp3) is 0.500. The molecule has 3 atom stereocenters. The number of pyridine rings is 2. The molecule has 3 aliphatic heterocycles. The first-order chi connectivity index (χ1) is 19.5. The van der Waals surface area contributed by atoms with Gasteiger partial charge in [-0.2, -0.15) is 0 Å². The van der Waals surface area contributed by atoms with Crippen LogP contribution in [0.25, 0.3) is 0 Å². The first-order valence-electron chi connectivity index (χ1n) is 13.9. The van der Waals surface area contributed by atoms with Gasteiger partial charge < -0.3 is 35.8 Å². The number of aliphatic hydroxyl groups is 1. The number of rotatable bonds is 6. The summed E-state index contributed by atoms with van der Waals surface area (Å²) in [5.74, 6) is 3.12. The monoisotopic (exact) mass is 562 g/mol. The summed E-state index contributed by atoms with van der Waals surface area (Å²) in [7, 11) is 0. The molecule has 0 radical (unpaired) electrons. The van der Waals surface area contributed by atoms with Crippen molar-refractivity contribution in [1.82, 2.24) is 19.9 Å². The standard InChI is InChI=1S/C28H34N8O3S/c29-24-19-2-1-6-31-20(19)11-28(24)4-8-35(9-5-28)22-12-33-27(25(30)34-22)40-21-3-7-32-26-23(21)39-15-18-10-17(13-36(18)26)14-38-16-37/h1-3,6-7,12,17-18,24,37H,4-5,8-11,13-16,29H2,(H2,30,34)/t17-,18-,24+/m0/s1. The summed E-state index contributed by atoms with van der Waals surface area (Å²) >= 11 is 1.45. The first kappa shape index (κ1) is 25.8. The maximum atomic E-state index is 9.01. The van der Waals surface area contributed by atoms with Crippen molar-refractivity contribution >= 4 is 29.2 Å². The Kier molecular flexibility index (Phi) is 6.65. The average Bonchev–Trinajstić information content (AvgIpc) is 3.52. The minimum Gasteiger partial charge on any atom is -0.486 e. The van der Waals surface area contributed by atoms with Crippen LogP contribution in [0.4, 0.5) is 17.5 Å². The van der Waals surface area contributed by atoms with E-state index in [-0.39, 0.29) is 24.3 Å². The van der Waals surface area contributed by atoms with Gasteiger partial charge in [0, 0.05) is 49.7 Å². The number of fused-ring (bicyclic) bond motifs is 4. The fourth-order valence-electron chi connectivity index (χ4n) is 6.83. The predicted octanol–water partition coefficient (Wildman–Crippen LogP) is 2.40. The molecule has 1 spiro atoms. The van der Waals surface area contributed by atoms with Crippen molar-refractivity contribution in [2.45, 2.75) is 47.7 Å². The molecule has 0 saturated carbocycles. The number of aliphatic hydroxyl groups excluding tert-OH is 1. The molecular weight excluding hydrogens is 528 g/mol. The molecule has 1 aliphatic carbocycles. The molecule has 7 rings (SSSR count). The van der Waals surface area contributed by atoms with Crippen LogP contribution in [0.1, 0.15) is 36.6 Å². The molecule has 3 aromatic rings. The van der Waals surface area contributed by atoms with Crippen molar-refractivity contribution in [3.8, 4) is 5.75 Å². The number of anilines is 3. The summed E-state index contributed by atoms with van der Waals surface area (Å²) < 4.78 is 11.4. The van der Waals surface area contributed by atoms with Crippen LogP contribution in [0.3, 0.4) is 0 Å². The predicted molar refractivity (Wildman–Crippen MR) is 151 cm³/mol. The van der Waals surface area contributed by atoms with Gasteiger partial charge in [0.1, 0.15) is 24.2 Å². The molecule has 2 saturated heterocycles. The van der Waals surface area contributed by atoms with Crippen LogP contribution in [0, 0.1) is 11.3 Å². The van der Waals surface area contributed by atoms with E-state index in [1.54, 1.807) is 6.20 Å². The molecule has 40 heavy (non-hydrogen) atoms. The number of nitrogens with zero attached hydrogens (tertiary/aromatic N) is 6. The van der Waals surface area contributed by atoms with Crippen molar-refractivity contribution in [3.63, 3.8) is 0 Å². The lowest BCUT2D eigenvalue weighted by atomic mass is 9.73. The SMILES string of the molecule is Nc1nc(N2CCC3(CC2)Cc2ncccc2[C@H]3N)cnc1Sc1ccnc2c1OC[C@@H]1C[C@H](COCO)CN21. The van der Waals surface area contributed by atoms with Crippen molar-refractivity contribution in [2.24, 2.45) is 17.1 Å². The van der Waals surface area contributed by atoms with Crippen LogP contribution in [0.2, 0.25) is 0 Å². The topological polar surface area (TPSA) is 149 Å². The van der Waals surface area contributed by atoms with E-state index in [4.69, 9.17) is 36.0 Å². The highest BCUT2D eigenvalue weighted by atomic mass is 32.2. The summed E-state index contributed by atoms with van der Waals surface area (Å²) in [5, 5.41) is 9.66. The Morgan fingerprint density at radius 2 is 2.05 bits per heavy atom. The van der Waals surface area contributed by atoms with Gasteiger partial charge in [-0.15, -0.1) is 0 Å². The fourth-order valence-corrected chi connectivity index (χ4v) is 7.67. The summed E-state index contributed by atoms with van der Waals surface area (Å²) in [6.07, 6.45) is 9.33. The van der Waals surface area contributed by atoms with Crippen molar-refractivity contribution in [2.75, 3.05) is 55.2 Å². The molecule has 0 amide bonds. The van der Waals surface area contributed by atoms with E-state index in [0.29, 0.717) is 30.0 Å². The Labute approximate surface area is 237 Å². The van der Waals surface area contributed by atoms with Gasteiger partial charge in [0.15, 0.2) is 17.4 Å². The van der Waals surface area contributed by atoms with Crippen LogP contribution in [0.5, 0.6) is 5.75 Å². The lowest BCUT2D eigenvalue weighted by Crippen LogP contribution is -2.44. The Hall–Kier alpha value is -3.19. The highest BCUT2D eigenvalue weighted by Crippen LogP contribution is 2.50. The number of hydrogen-bond donors (Lipinski definition) is 3. The second-order valence-corrected chi connectivity index (χ2v) is 12.3. The third-order valence-corrected chi connectivity index (χ3v) is 10.0. The van der Waals surface area contributed by atoms with E-state index >= 15 is 0 Å². The van der Waals surface area contributed by atoms with Gasteiger partial charge in [-0.05, 0) is 48.8 Å². The summed E-state index contributed by atoms with van der Waals surface area (Å²) in [4.78, 5) is 24.1. The Balaban J connectivity index is 1.03. The number of aromatic nitrogens is 4. The van der Waals surface area contributed by atoms with Crippen LogP contribution in [0.15, 0.2) is 46.7 Å². The molecule has 11 nitrogen and oxygen atoms in total. The van der Waals surface area contributed by atoms with Gasteiger partial charge in [-0.1, -0.05) is 17.8 Å². The number of hydrogen-bond acceptors (Lipinski definition) is 12. The minimum atomic E-state index is -0.256. The highest BCUT2D eigenvalue weighted by molar-refractivity contribution is 7.99. The van der Waals surface area contributed by atoms with E-state index in [2.05, 4.69) is 25.8 Å². The second-order valence-electron chi connectivity index (χ2n) is 11.2. The maximum Gasteiger partial charge on any atom is 0.175 e. The van der Waals surface area contributed by atoms with Crippen molar-refractivity contribution in [1.29, 1.82) is 0 Å². The van der Waals surface area contributed by atoms with Gasteiger partial charge in [-0.25, -0.2) is 15.0 Å². The Morgan fingerprint density at radius 3 is 2.85 bits per heavy atom. The van der Waals surface area contributed by atoms with E-state index in [1.807, 2.05) is 24.5 Å². The van der Waals surface area contributed by atoms with Gasteiger partial charge >= 0.3 is 0 Å². The molecule has 6 heterocycles. The number of ether oxygens (including phenoxy) is 2. The molecule has 0 unspecified atom stereocenters. The zero-order valence-electron chi connectivity index (χ0n) is 22.3. The number of nitrogens with two attached hydrogens (primary N) is 2. The highest BCUT2D eigenvalue weighted by Gasteiger charge is 2.46. The number of piperidine rings is 1. The van der Waals surface area contributed by atoms with E-state index in [0.717, 1.165) is 73.3 Å². The zero-order chi connectivity index (χ0) is 27.3. The average molecular weight is 563 g/mol. The summed E-state index contributed by atoms with van der Waals surface area (Å²) in [6, 6.07) is 6.31.